The van der Waals surface area contributed by atoms with E-state index < -0.39 is 0 Å². The average molecular weight is 364 g/mol. The minimum atomic E-state index is -0.157. The first kappa shape index (κ1) is 18.1. The lowest BCUT2D eigenvalue weighted by atomic mass is 9.65. The van der Waals surface area contributed by atoms with E-state index in [1.165, 1.54) is 12.0 Å². The van der Waals surface area contributed by atoms with Crippen molar-refractivity contribution in [3.8, 4) is 6.07 Å². The molecule has 1 aromatic rings. The van der Waals surface area contributed by atoms with E-state index in [1.54, 1.807) is 4.90 Å². The molecule has 4 nitrogen and oxygen atoms in total. The molecule has 0 N–H and O–H groups in total. The standard InChI is InChI=1S/C23H29N3O/c1-22(2)11-19-12-23(3,15-22)16-25(19)14-18(13-24)21(27)26-10-6-8-17-7-4-5-9-20(17)26/h4-5,7,9,14,19H,6,8,10-12,15-16H2,1-3H3/b18-14-. The molecule has 1 saturated heterocycles. The second kappa shape index (κ2) is 6.41. The lowest BCUT2D eigenvalue weighted by Gasteiger charge is -2.39. The Hall–Kier alpha value is -2.28. The molecule has 1 saturated carbocycles. The van der Waals surface area contributed by atoms with Gasteiger partial charge in [0.2, 0.25) is 0 Å². The van der Waals surface area contributed by atoms with Crippen molar-refractivity contribution in [3.05, 3.63) is 41.6 Å². The largest absolute Gasteiger partial charge is 0.373 e. The summed E-state index contributed by atoms with van der Waals surface area (Å²) in [6, 6.07) is 10.7. The average Bonchev–Trinajstić information content (AvgIpc) is 2.86. The first-order valence-electron chi connectivity index (χ1n) is 10.1. The van der Waals surface area contributed by atoms with Crippen LogP contribution in [0.25, 0.3) is 0 Å². The molecule has 2 unspecified atom stereocenters. The summed E-state index contributed by atoms with van der Waals surface area (Å²) in [5, 5.41) is 9.75. The number of aryl methyl sites for hydroxylation is 1. The lowest BCUT2D eigenvalue weighted by molar-refractivity contribution is -0.114. The highest BCUT2D eigenvalue weighted by molar-refractivity contribution is 6.08. The number of carbonyl (C=O) groups excluding carboxylic acids is 1. The molecule has 2 bridgehead atoms. The molecule has 2 fully saturated rings. The number of para-hydroxylation sites is 1. The third kappa shape index (κ3) is 3.36. The maximum atomic E-state index is 13.2. The van der Waals surface area contributed by atoms with Crippen molar-refractivity contribution in [1.82, 2.24) is 4.90 Å². The van der Waals surface area contributed by atoms with Crippen LogP contribution in [-0.2, 0) is 11.2 Å². The van der Waals surface area contributed by atoms with E-state index in [2.05, 4.69) is 37.8 Å². The molecule has 1 aliphatic carbocycles. The Morgan fingerprint density at radius 2 is 2.04 bits per heavy atom. The van der Waals surface area contributed by atoms with Crippen molar-refractivity contribution in [2.45, 2.75) is 58.9 Å². The lowest BCUT2D eigenvalue weighted by Crippen LogP contribution is -2.37. The Morgan fingerprint density at radius 3 is 2.81 bits per heavy atom. The Morgan fingerprint density at radius 1 is 1.26 bits per heavy atom. The molecule has 2 heterocycles. The van der Waals surface area contributed by atoms with E-state index in [0.29, 0.717) is 18.0 Å². The molecule has 3 aliphatic rings. The highest BCUT2D eigenvalue weighted by Gasteiger charge is 2.49. The molecule has 2 atom stereocenters. The van der Waals surface area contributed by atoms with E-state index in [4.69, 9.17) is 0 Å². The van der Waals surface area contributed by atoms with E-state index in [1.807, 2.05) is 24.4 Å². The zero-order valence-electron chi connectivity index (χ0n) is 16.7. The Balaban J connectivity index is 1.60. The van der Waals surface area contributed by atoms with Gasteiger partial charge in [-0.2, -0.15) is 5.26 Å². The van der Waals surface area contributed by atoms with Crippen LogP contribution in [0, 0.1) is 22.2 Å². The number of hydrogen-bond donors (Lipinski definition) is 0. The van der Waals surface area contributed by atoms with Crippen molar-refractivity contribution in [2.75, 3.05) is 18.0 Å². The summed E-state index contributed by atoms with van der Waals surface area (Å²) in [6.45, 7) is 8.65. The molecular formula is C23H29N3O. The summed E-state index contributed by atoms with van der Waals surface area (Å²) < 4.78 is 0. The number of nitrogens with zero attached hydrogens (tertiary/aromatic N) is 3. The van der Waals surface area contributed by atoms with Gasteiger partial charge in [0, 0.05) is 31.0 Å². The van der Waals surface area contributed by atoms with Gasteiger partial charge in [-0.1, -0.05) is 39.0 Å². The first-order chi connectivity index (χ1) is 12.8. The zero-order chi connectivity index (χ0) is 19.2. The normalized spacial score (nSPS) is 29.3. The molecule has 2 aliphatic heterocycles. The number of likely N-dealkylation sites (tertiary alicyclic amines) is 1. The quantitative estimate of drug-likeness (QED) is 0.582. The highest BCUT2D eigenvalue weighted by atomic mass is 16.2. The summed E-state index contributed by atoms with van der Waals surface area (Å²) in [4.78, 5) is 17.3. The molecule has 0 spiro atoms. The van der Waals surface area contributed by atoms with Gasteiger partial charge < -0.3 is 9.80 Å². The Labute approximate surface area is 162 Å². The molecular weight excluding hydrogens is 334 g/mol. The van der Waals surface area contributed by atoms with Crippen molar-refractivity contribution in [2.24, 2.45) is 10.8 Å². The van der Waals surface area contributed by atoms with Crippen LogP contribution in [0.1, 0.15) is 52.0 Å². The van der Waals surface area contributed by atoms with Crippen LogP contribution in [0.15, 0.2) is 36.0 Å². The van der Waals surface area contributed by atoms with Crippen molar-refractivity contribution in [3.63, 3.8) is 0 Å². The molecule has 4 heteroatoms. The van der Waals surface area contributed by atoms with Gasteiger partial charge >= 0.3 is 0 Å². The van der Waals surface area contributed by atoms with Gasteiger partial charge in [0.05, 0.1) is 0 Å². The van der Waals surface area contributed by atoms with Gasteiger partial charge in [-0.05, 0) is 54.6 Å². The topological polar surface area (TPSA) is 47.3 Å². The van der Waals surface area contributed by atoms with Gasteiger partial charge in [-0.15, -0.1) is 0 Å². The second-order valence-electron chi connectivity index (χ2n) is 9.73. The van der Waals surface area contributed by atoms with E-state index in [0.717, 1.165) is 37.9 Å². The fourth-order valence-electron chi connectivity index (χ4n) is 5.84. The van der Waals surface area contributed by atoms with Gasteiger partial charge in [0.15, 0.2) is 0 Å². The SMILES string of the molecule is CC1(C)CC2CC(C)(CN2/C=C(/C#N)C(=O)N2CCCc3ccccc32)C1. The second-order valence-corrected chi connectivity index (χ2v) is 9.73. The number of rotatable bonds is 2. The predicted molar refractivity (Wildman–Crippen MR) is 107 cm³/mol. The van der Waals surface area contributed by atoms with Gasteiger partial charge in [0.1, 0.15) is 11.6 Å². The number of hydrogen-bond acceptors (Lipinski definition) is 3. The van der Waals surface area contributed by atoms with E-state index in [9.17, 15) is 10.1 Å². The summed E-state index contributed by atoms with van der Waals surface area (Å²) >= 11 is 0. The van der Waals surface area contributed by atoms with Gasteiger partial charge in [-0.3, -0.25) is 4.79 Å². The van der Waals surface area contributed by atoms with Crippen LogP contribution in [0.5, 0.6) is 0 Å². The highest BCUT2D eigenvalue weighted by Crippen LogP contribution is 2.52. The van der Waals surface area contributed by atoms with E-state index in [-0.39, 0.29) is 16.9 Å². The minimum Gasteiger partial charge on any atom is -0.373 e. The number of carbonyl (C=O) groups is 1. The van der Waals surface area contributed by atoms with Crippen LogP contribution in [0.4, 0.5) is 5.69 Å². The van der Waals surface area contributed by atoms with Crippen molar-refractivity contribution >= 4 is 11.6 Å². The molecule has 1 amide bonds. The maximum absolute atomic E-state index is 13.2. The van der Waals surface area contributed by atoms with Crippen LogP contribution in [0.2, 0.25) is 0 Å². The fraction of sp³-hybridized carbons (Fsp3) is 0.565. The van der Waals surface area contributed by atoms with Crippen molar-refractivity contribution < 1.29 is 4.79 Å². The fourth-order valence-corrected chi connectivity index (χ4v) is 5.84. The third-order valence-electron chi connectivity index (χ3n) is 6.46. The summed E-state index contributed by atoms with van der Waals surface area (Å²) in [5.74, 6) is -0.157. The zero-order valence-corrected chi connectivity index (χ0v) is 16.7. The predicted octanol–water partition coefficient (Wildman–Crippen LogP) is 4.27. The maximum Gasteiger partial charge on any atom is 0.270 e. The number of benzene rings is 1. The Bertz CT molecular complexity index is 834. The molecule has 142 valence electrons. The van der Waals surface area contributed by atoms with Crippen LogP contribution in [0.3, 0.4) is 0 Å². The first-order valence-corrected chi connectivity index (χ1v) is 10.1. The van der Waals surface area contributed by atoms with Gasteiger partial charge in [0.25, 0.3) is 5.91 Å². The molecule has 0 radical (unpaired) electrons. The molecule has 27 heavy (non-hydrogen) atoms. The number of amides is 1. The number of nitriles is 1. The minimum absolute atomic E-state index is 0.157. The summed E-state index contributed by atoms with van der Waals surface area (Å²) in [7, 11) is 0. The Kier molecular flexibility index (Phi) is 4.29. The molecule has 0 aromatic heterocycles. The smallest absolute Gasteiger partial charge is 0.270 e. The summed E-state index contributed by atoms with van der Waals surface area (Å²) in [6.07, 6.45) is 7.28. The van der Waals surface area contributed by atoms with Crippen LogP contribution >= 0.6 is 0 Å². The van der Waals surface area contributed by atoms with E-state index >= 15 is 0 Å². The molecule has 4 rings (SSSR count). The number of fused-ring (bicyclic) bond motifs is 3. The van der Waals surface area contributed by atoms with Crippen molar-refractivity contribution in [1.29, 1.82) is 5.26 Å². The molecule has 1 aromatic carbocycles. The summed E-state index contributed by atoms with van der Waals surface area (Å²) in [5.41, 5.74) is 3.03. The third-order valence-corrected chi connectivity index (χ3v) is 6.46. The van der Waals surface area contributed by atoms with Crippen LogP contribution < -0.4 is 4.90 Å². The number of anilines is 1. The van der Waals surface area contributed by atoms with Gasteiger partial charge in [-0.25, -0.2) is 0 Å². The monoisotopic (exact) mass is 363 g/mol. The van der Waals surface area contributed by atoms with Crippen LogP contribution in [-0.4, -0.2) is 29.9 Å².